The first-order valence-electron chi connectivity index (χ1n) is 10.1. The zero-order valence-electron chi connectivity index (χ0n) is 16.7. The maximum atomic E-state index is 9.68. The van der Waals surface area contributed by atoms with Crippen LogP contribution in [0.15, 0.2) is 12.4 Å². The first kappa shape index (κ1) is 19.4. The van der Waals surface area contributed by atoms with Crippen molar-refractivity contribution < 1.29 is 5.11 Å². The Hall–Kier alpha value is -1.40. The van der Waals surface area contributed by atoms with E-state index in [0.29, 0.717) is 5.41 Å². The molecule has 2 fully saturated rings. The molecule has 1 atom stereocenters. The van der Waals surface area contributed by atoms with Crippen LogP contribution in [0.25, 0.3) is 0 Å². The molecule has 3 heterocycles. The lowest BCUT2D eigenvalue weighted by Crippen LogP contribution is -2.47. The third-order valence-electron chi connectivity index (χ3n) is 5.64. The molecule has 0 aromatic carbocycles. The molecule has 146 valence electrons. The van der Waals surface area contributed by atoms with E-state index in [1.54, 1.807) is 6.33 Å². The van der Waals surface area contributed by atoms with Gasteiger partial charge in [0.1, 0.15) is 18.0 Å². The van der Waals surface area contributed by atoms with Crippen LogP contribution in [0.5, 0.6) is 0 Å². The smallest absolute Gasteiger partial charge is 0.134 e. The van der Waals surface area contributed by atoms with Gasteiger partial charge in [-0.3, -0.25) is 4.90 Å². The number of anilines is 2. The standard InChI is InChI=1S/C20H35N5O/c1-20(2,3)7-9-23-10-12-24(13-11-23)18-14-19(22-16-21-18)25-8-5-4-6-17(25)15-26/h14,16-17,26H,4-13,15H2,1-3H3. The van der Waals surface area contributed by atoms with E-state index < -0.39 is 0 Å². The summed E-state index contributed by atoms with van der Waals surface area (Å²) < 4.78 is 0. The van der Waals surface area contributed by atoms with Gasteiger partial charge in [-0.1, -0.05) is 20.8 Å². The van der Waals surface area contributed by atoms with Gasteiger partial charge in [-0.2, -0.15) is 0 Å². The molecule has 0 amide bonds. The van der Waals surface area contributed by atoms with Crippen molar-refractivity contribution in [3.8, 4) is 0 Å². The van der Waals surface area contributed by atoms with Crippen LogP contribution in [0.2, 0.25) is 0 Å². The summed E-state index contributed by atoms with van der Waals surface area (Å²) >= 11 is 0. The number of hydrogen-bond donors (Lipinski definition) is 1. The van der Waals surface area contributed by atoms with Crippen molar-refractivity contribution in [3.63, 3.8) is 0 Å². The molecule has 2 aliphatic rings. The van der Waals surface area contributed by atoms with Crippen LogP contribution < -0.4 is 9.80 Å². The Bertz CT molecular complexity index is 566. The Labute approximate surface area is 158 Å². The van der Waals surface area contributed by atoms with Gasteiger partial charge in [0.15, 0.2) is 0 Å². The Morgan fingerprint density at radius 1 is 1.04 bits per heavy atom. The number of nitrogens with zero attached hydrogens (tertiary/aromatic N) is 5. The molecular formula is C20H35N5O. The molecule has 26 heavy (non-hydrogen) atoms. The van der Waals surface area contributed by atoms with E-state index in [2.05, 4.69) is 51.5 Å². The van der Waals surface area contributed by atoms with Crippen LogP contribution in [0.3, 0.4) is 0 Å². The van der Waals surface area contributed by atoms with E-state index in [-0.39, 0.29) is 12.6 Å². The highest BCUT2D eigenvalue weighted by molar-refractivity contribution is 5.51. The van der Waals surface area contributed by atoms with Gasteiger partial charge in [0.05, 0.1) is 12.6 Å². The Balaban J connectivity index is 1.59. The van der Waals surface area contributed by atoms with E-state index >= 15 is 0 Å². The molecule has 6 nitrogen and oxygen atoms in total. The monoisotopic (exact) mass is 361 g/mol. The predicted octanol–water partition coefficient (Wildman–Crippen LogP) is 2.39. The largest absolute Gasteiger partial charge is 0.394 e. The van der Waals surface area contributed by atoms with Crippen LogP contribution in [-0.4, -0.2) is 71.9 Å². The number of aliphatic hydroxyl groups excluding tert-OH is 1. The molecule has 1 aromatic rings. The highest BCUT2D eigenvalue weighted by Gasteiger charge is 2.25. The summed E-state index contributed by atoms with van der Waals surface area (Å²) in [6.45, 7) is 13.5. The van der Waals surface area contributed by atoms with Crippen LogP contribution in [0.4, 0.5) is 11.6 Å². The van der Waals surface area contributed by atoms with Crippen molar-refractivity contribution >= 4 is 11.6 Å². The average Bonchev–Trinajstić information content (AvgIpc) is 2.66. The van der Waals surface area contributed by atoms with E-state index in [1.165, 1.54) is 25.8 Å². The maximum absolute atomic E-state index is 9.68. The summed E-state index contributed by atoms with van der Waals surface area (Å²) in [7, 11) is 0. The molecule has 1 unspecified atom stereocenters. The molecule has 0 spiro atoms. The second-order valence-electron chi connectivity index (χ2n) is 8.90. The second kappa shape index (κ2) is 8.53. The zero-order chi connectivity index (χ0) is 18.6. The molecule has 6 heteroatoms. The van der Waals surface area contributed by atoms with Crippen molar-refractivity contribution in [3.05, 3.63) is 12.4 Å². The van der Waals surface area contributed by atoms with Gasteiger partial charge < -0.3 is 14.9 Å². The highest BCUT2D eigenvalue weighted by Crippen LogP contribution is 2.26. The Morgan fingerprint density at radius 2 is 1.77 bits per heavy atom. The van der Waals surface area contributed by atoms with Gasteiger partial charge in [-0.15, -0.1) is 0 Å². The highest BCUT2D eigenvalue weighted by atomic mass is 16.3. The summed E-state index contributed by atoms with van der Waals surface area (Å²) in [5, 5.41) is 9.68. The molecule has 1 N–H and O–H groups in total. The predicted molar refractivity (Wildman–Crippen MR) is 107 cm³/mol. The number of rotatable bonds is 5. The minimum Gasteiger partial charge on any atom is -0.394 e. The molecule has 0 radical (unpaired) electrons. The minimum absolute atomic E-state index is 0.195. The van der Waals surface area contributed by atoms with E-state index in [4.69, 9.17) is 0 Å². The minimum atomic E-state index is 0.195. The lowest BCUT2D eigenvalue weighted by Gasteiger charge is -2.38. The van der Waals surface area contributed by atoms with Crippen molar-refractivity contribution in [2.75, 3.05) is 55.7 Å². The third-order valence-corrected chi connectivity index (χ3v) is 5.64. The molecule has 0 bridgehead atoms. The molecule has 2 aliphatic heterocycles. The first-order chi connectivity index (χ1) is 12.5. The van der Waals surface area contributed by atoms with E-state index in [1.807, 2.05) is 0 Å². The summed E-state index contributed by atoms with van der Waals surface area (Å²) in [6, 6.07) is 2.31. The van der Waals surface area contributed by atoms with Gasteiger partial charge in [-0.05, 0) is 37.6 Å². The molecule has 2 saturated heterocycles. The fraction of sp³-hybridized carbons (Fsp3) is 0.800. The van der Waals surface area contributed by atoms with Crippen molar-refractivity contribution in [1.82, 2.24) is 14.9 Å². The summed E-state index contributed by atoms with van der Waals surface area (Å²) in [4.78, 5) is 16.2. The van der Waals surface area contributed by atoms with Gasteiger partial charge >= 0.3 is 0 Å². The molecule has 1 aromatic heterocycles. The maximum Gasteiger partial charge on any atom is 0.134 e. The lowest BCUT2D eigenvalue weighted by atomic mass is 9.92. The molecule has 0 aliphatic carbocycles. The average molecular weight is 362 g/mol. The molecule has 0 saturated carbocycles. The summed E-state index contributed by atoms with van der Waals surface area (Å²) in [6.07, 6.45) is 6.32. The molecular weight excluding hydrogens is 326 g/mol. The number of aliphatic hydroxyl groups is 1. The fourth-order valence-corrected chi connectivity index (χ4v) is 3.85. The second-order valence-corrected chi connectivity index (χ2v) is 8.90. The number of hydrogen-bond acceptors (Lipinski definition) is 6. The van der Waals surface area contributed by atoms with Crippen molar-refractivity contribution in [1.29, 1.82) is 0 Å². The van der Waals surface area contributed by atoms with Gasteiger partial charge in [0.2, 0.25) is 0 Å². The number of aromatic nitrogens is 2. The van der Waals surface area contributed by atoms with Crippen molar-refractivity contribution in [2.45, 2.75) is 52.5 Å². The number of piperidine rings is 1. The number of piperazine rings is 1. The van der Waals surface area contributed by atoms with E-state index in [0.717, 1.165) is 50.8 Å². The van der Waals surface area contributed by atoms with Crippen LogP contribution in [0.1, 0.15) is 46.5 Å². The zero-order valence-corrected chi connectivity index (χ0v) is 16.7. The topological polar surface area (TPSA) is 55.7 Å². The fourth-order valence-electron chi connectivity index (χ4n) is 3.85. The first-order valence-corrected chi connectivity index (χ1v) is 10.1. The van der Waals surface area contributed by atoms with Crippen LogP contribution >= 0.6 is 0 Å². The van der Waals surface area contributed by atoms with Crippen LogP contribution in [-0.2, 0) is 0 Å². The summed E-state index contributed by atoms with van der Waals surface area (Å²) in [5.41, 5.74) is 0.399. The van der Waals surface area contributed by atoms with Gasteiger partial charge in [0, 0.05) is 38.8 Å². The van der Waals surface area contributed by atoms with Crippen molar-refractivity contribution in [2.24, 2.45) is 5.41 Å². The molecule has 3 rings (SSSR count). The summed E-state index contributed by atoms with van der Waals surface area (Å²) in [5.74, 6) is 1.98. The van der Waals surface area contributed by atoms with Crippen LogP contribution in [0, 0.1) is 5.41 Å². The Kier molecular flexibility index (Phi) is 6.35. The Morgan fingerprint density at radius 3 is 2.46 bits per heavy atom. The van der Waals surface area contributed by atoms with Gasteiger partial charge in [0.25, 0.3) is 0 Å². The van der Waals surface area contributed by atoms with Gasteiger partial charge in [-0.25, -0.2) is 9.97 Å². The SMILES string of the molecule is CC(C)(C)CCN1CCN(c2cc(N3CCCCC3CO)ncn2)CC1. The van der Waals surface area contributed by atoms with E-state index in [9.17, 15) is 5.11 Å². The lowest BCUT2D eigenvalue weighted by molar-refractivity contribution is 0.217. The quantitative estimate of drug-likeness (QED) is 0.869. The normalized spacial score (nSPS) is 22.7. The third kappa shape index (κ3) is 5.07.